The maximum Gasteiger partial charge on any atom is 0.408 e. The zero-order valence-corrected chi connectivity index (χ0v) is 5.68. The van der Waals surface area contributed by atoms with Crippen LogP contribution in [0.5, 0.6) is 0 Å². The molecule has 0 radical (unpaired) electrons. The number of amides is 1. The van der Waals surface area contributed by atoms with Gasteiger partial charge in [-0.3, -0.25) is 5.73 Å². The van der Waals surface area contributed by atoms with Crippen LogP contribution in [0.3, 0.4) is 0 Å². The van der Waals surface area contributed by atoms with Crippen molar-refractivity contribution in [3.63, 3.8) is 0 Å². The highest BCUT2D eigenvalue weighted by Gasteiger charge is 2.00. The molecule has 0 aromatic rings. The summed E-state index contributed by atoms with van der Waals surface area (Å²) in [6, 6.07) is 0.101. The molecule has 0 saturated heterocycles. The van der Waals surface area contributed by atoms with Crippen molar-refractivity contribution in [3.8, 4) is 0 Å². The first kappa shape index (κ1) is 8.23. The van der Waals surface area contributed by atoms with Gasteiger partial charge in [-0.2, -0.15) is 0 Å². The smallest absolute Gasteiger partial charge is 0.408 e. The summed E-state index contributed by atoms with van der Waals surface area (Å²) in [4.78, 5) is 10.4. The zero-order chi connectivity index (χ0) is 7.28. The number of ether oxygens (including phenoxy) is 1. The SMILES string of the molecule is CC(C)NC(=O)OCN. The van der Waals surface area contributed by atoms with Crippen LogP contribution in [0.1, 0.15) is 13.8 Å². The summed E-state index contributed by atoms with van der Waals surface area (Å²) < 4.78 is 4.38. The summed E-state index contributed by atoms with van der Waals surface area (Å²) in [5, 5.41) is 2.50. The Kier molecular flexibility index (Phi) is 3.79. The van der Waals surface area contributed by atoms with E-state index in [1.54, 1.807) is 0 Å². The molecule has 0 rings (SSSR count). The van der Waals surface area contributed by atoms with Crippen molar-refractivity contribution in [1.29, 1.82) is 0 Å². The molecule has 0 aliphatic rings. The zero-order valence-electron chi connectivity index (χ0n) is 5.68. The van der Waals surface area contributed by atoms with Gasteiger partial charge in [0.15, 0.2) is 0 Å². The van der Waals surface area contributed by atoms with E-state index in [0.29, 0.717) is 0 Å². The van der Waals surface area contributed by atoms with Gasteiger partial charge in [-0.1, -0.05) is 0 Å². The van der Waals surface area contributed by atoms with E-state index in [0.717, 1.165) is 0 Å². The molecule has 3 N–H and O–H groups in total. The van der Waals surface area contributed by atoms with Crippen LogP contribution < -0.4 is 11.1 Å². The maximum atomic E-state index is 10.4. The van der Waals surface area contributed by atoms with Crippen molar-refractivity contribution in [2.24, 2.45) is 5.73 Å². The highest BCUT2D eigenvalue weighted by molar-refractivity contribution is 5.67. The summed E-state index contributed by atoms with van der Waals surface area (Å²) in [7, 11) is 0. The van der Waals surface area contributed by atoms with Gasteiger partial charge >= 0.3 is 6.09 Å². The number of nitrogens with two attached hydrogens (primary N) is 1. The molecule has 9 heavy (non-hydrogen) atoms. The fourth-order valence-electron chi connectivity index (χ4n) is 0.353. The molecule has 0 atom stereocenters. The van der Waals surface area contributed by atoms with E-state index in [4.69, 9.17) is 5.73 Å². The number of carbonyl (C=O) groups excluding carboxylic acids is 1. The average Bonchev–Trinajstić information content (AvgIpc) is 1.63. The lowest BCUT2D eigenvalue weighted by Crippen LogP contribution is -2.32. The van der Waals surface area contributed by atoms with Crippen LogP contribution in [0.4, 0.5) is 4.79 Å². The summed E-state index contributed by atoms with van der Waals surface area (Å²) in [6.07, 6.45) is -0.465. The lowest BCUT2D eigenvalue weighted by Gasteiger charge is -2.06. The molecular formula is C5H12N2O2. The molecule has 0 saturated carbocycles. The van der Waals surface area contributed by atoms with Gasteiger partial charge in [0.1, 0.15) is 6.73 Å². The second-order valence-electron chi connectivity index (χ2n) is 1.90. The number of rotatable bonds is 2. The van der Waals surface area contributed by atoms with Crippen LogP contribution in [0.2, 0.25) is 0 Å². The van der Waals surface area contributed by atoms with Gasteiger partial charge in [0, 0.05) is 6.04 Å². The van der Waals surface area contributed by atoms with Crippen LogP contribution in [0.15, 0.2) is 0 Å². The van der Waals surface area contributed by atoms with E-state index >= 15 is 0 Å². The van der Waals surface area contributed by atoms with Crippen LogP contribution in [-0.4, -0.2) is 18.9 Å². The minimum atomic E-state index is -0.465. The third kappa shape index (κ3) is 5.10. The van der Waals surface area contributed by atoms with E-state index in [9.17, 15) is 4.79 Å². The standard InChI is InChI=1S/C5H12N2O2/c1-4(2)7-5(8)9-3-6/h4H,3,6H2,1-2H3,(H,7,8). The van der Waals surface area contributed by atoms with E-state index in [2.05, 4.69) is 10.1 Å². The van der Waals surface area contributed by atoms with Crippen molar-refractivity contribution in [3.05, 3.63) is 0 Å². The Morgan fingerprint density at radius 1 is 1.78 bits per heavy atom. The van der Waals surface area contributed by atoms with Gasteiger partial charge in [0.25, 0.3) is 0 Å². The highest BCUT2D eigenvalue weighted by atomic mass is 16.6. The monoisotopic (exact) mass is 132 g/mol. The largest absolute Gasteiger partial charge is 0.434 e. The summed E-state index contributed by atoms with van der Waals surface area (Å²) in [5.41, 5.74) is 4.92. The van der Waals surface area contributed by atoms with Gasteiger partial charge in [0.05, 0.1) is 0 Å². The molecule has 0 aromatic carbocycles. The first-order valence-electron chi connectivity index (χ1n) is 2.80. The molecule has 0 spiro atoms. The molecule has 0 bridgehead atoms. The molecule has 1 amide bonds. The summed E-state index contributed by atoms with van der Waals surface area (Å²) >= 11 is 0. The predicted molar refractivity (Wildman–Crippen MR) is 33.8 cm³/mol. The van der Waals surface area contributed by atoms with Gasteiger partial charge in [-0.25, -0.2) is 4.79 Å². The molecule has 0 aliphatic carbocycles. The molecule has 0 aliphatic heterocycles. The fraction of sp³-hybridized carbons (Fsp3) is 0.800. The van der Waals surface area contributed by atoms with E-state index < -0.39 is 6.09 Å². The van der Waals surface area contributed by atoms with Crippen LogP contribution in [0.25, 0.3) is 0 Å². The Morgan fingerprint density at radius 3 is 2.67 bits per heavy atom. The van der Waals surface area contributed by atoms with Crippen molar-refractivity contribution < 1.29 is 9.53 Å². The predicted octanol–water partition coefficient (Wildman–Crippen LogP) is 0.0372. The maximum absolute atomic E-state index is 10.4. The summed E-state index contributed by atoms with van der Waals surface area (Å²) in [5.74, 6) is 0. The molecule has 0 heterocycles. The Balaban J connectivity index is 3.27. The number of alkyl carbamates (subject to hydrolysis) is 1. The lowest BCUT2D eigenvalue weighted by atomic mass is 10.4. The second kappa shape index (κ2) is 4.14. The van der Waals surface area contributed by atoms with Crippen LogP contribution in [0, 0.1) is 0 Å². The minimum Gasteiger partial charge on any atom is -0.434 e. The first-order chi connectivity index (χ1) is 4.16. The van der Waals surface area contributed by atoms with Crippen LogP contribution in [-0.2, 0) is 4.74 Å². The van der Waals surface area contributed by atoms with Gasteiger partial charge < -0.3 is 10.1 Å². The quantitative estimate of drug-likeness (QED) is 0.521. The Morgan fingerprint density at radius 2 is 2.33 bits per heavy atom. The minimum absolute atomic E-state index is 0.0709. The van der Waals surface area contributed by atoms with Crippen molar-refractivity contribution in [2.75, 3.05) is 6.73 Å². The average molecular weight is 132 g/mol. The lowest BCUT2D eigenvalue weighted by molar-refractivity contribution is 0.146. The molecule has 4 nitrogen and oxygen atoms in total. The van der Waals surface area contributed by atoms with E-state index in [1.165, 1.54) is 0 Å². The van der Waals surface area contributed by atoms with Gasteiger partial charge in [-0.15, -0.1) is 0 Å². The third-order valence-electron chi connectivity index (χ3n) is 0.621. The Hall–Kier alpha value is -0.770. The highest BCUT2D eigenvalue weighted by Crippen LogP contribution is 1.78. The second-order valence-corrected chi connectivity index (χ2v) is 1.90. The van der Waals surface area contributed by atoms with Crippen LogP contribution >= 0.6 is 0 Å². The molecule has 0 unspecified atom stereocenters. The Bertz CT molecular complexity index is 93.0. The summed E-state index contributed by atoms with van der Waals surface area (Å²) in [6.45, 7) is 3.62. The molecule has 4 heteroatoms. The first-order valence-corrected chi connectivity index (χ1v) is 2.80. The normalized spacial score (nSPS) is 9.33. The number of carbonyl (C=O) groups is 1. The topological polar surface area (TPSA) is 64.3 Å². The van der Waals surface area contributed by atoms with Gasteiger partial charge in [-0.05, 0) is 13.8 Å². The number of nitrogens with one attached hydrogen (secondary N) is 1. The number of hydrogen-bond acceptors (Lipinski definition) is 3. The fourth-order valence-corrected chi connectivity index (χ4v) is 0.353. The van der Waals surface area contributed by atoms with Gasteiger partial charge in [0.2, 0.25) is 0 Å². The van der Waals surface area contributed by atoms with E-state index in [1.807, 2.05) is 13.8 Å². The van der Waals surface area contributed by atoms with E-state index in [-0.39, 0.29) is 12.8 Å². The molecule has 54 valence electrons. The van der Waals surface area contributed by atoms with Crippen molar-refractivity contribution in [2.45, 2.75) is 19.9 Å². The van der Waals surface area contributed by atoms with Crippen molar-refractivity contribution >= 4 is 6.09 Å². The molecule has 0 fully saturated rings. The third-order valence-corrected chi connectivity index (χ3v) is 0.621. The molecular weight excluding hydrogens is 120 g/mol. The van der Waals surface area contributed by atoms with Crippen molar-refractivity contribution in [1.82, 2.24) is 5.32 Å². The Labute approximate surface area is 54.4 Å². The number of hydrogen-bond donors (Lipinski definition) is 2. The molecule has 0 aromatic heterocycles.